The molecule has 0 bridgehead atoms. The average molecular weight is 401 g/mol. The third-order valence-corrected chi connectivity index (χ3v) is 4.66. The molecule has 0 rings (SSSR count). The van der Waals surface area contributed by atoms with Gasteiger partial charge in [-0.1, -0.05) is 13.8 Å². The first kappa shape index (κ1) is 26.2. The van der Waals surface area contributed by atoms with Crippen LogP contribution in [0.5, 0.6) is 0 Å². The maximum absolute atomic E-state index is 12.5. The molecule has 3 amide bonds. The van der Waals surface area contributed by atoms with Gasteiger partial charge in [-0.3, -0.25) is 9.59 Å². The van der Waals surface area contributed by atoms with Crippen LogP contribution in [0.3, 0.4) is 0 Å². The molecule has 0 fully saturated rings. The van der Waals surface area contributed by atoms with E-state index in [0.717, 1.165) is 0 Å². The van der Waals surface area contributed by atoms with Gasteiger partial charge in [-0.25, -0.2) is 4.79 Å². The fourth-order valence-corrected chi connectivity index (χ4v) is 2.96. The minimum absolute atomic E-state index is 0.0138. The Morgan fingerprint density at radius 2 is 1.46 bits per heavy atom. The van der Waals surface area contributed by atoms with E-state index in [1.807, 2.05) is 53.4 Å². The zero-order chi connectivity index (χ0) is 22.0. The molecule has 0 saturated heterocycles. The van der Waals surface area contributed by atoms with Gasteiger partial charge in [0.15, 0.2) is 0 Å². The first-order valence-corrected chi connectivity index (χ1v) is 10.1. The Hall–Kier alpha value is -1.83. The topological polar surface area (TPSA) is 105 Å². The van der Waals surface area contributed by atoms with E-state index < -0.39 is 11.6 Å². The predicted octanol–water partition coefficient (Wildman–Crippen LogP) is 2.12. The van der Waals surface area contributed by atoms with Gasteiger partial charge in [-0.15, -0.1) is 0 Å². The lowest BCUT2D eigenvalue weighted by Gasteiger charge is -2.42. The molecule has 3 N–H and O–H groups in total. The molecule has 0 aromatic carbocycles. The fourth-order valence-electron chi connectivity index (χ4n) is 2.96. The summed E-state index contributed by atoms with van der Waals surface area (Å²) in [5.74, 6) is 0.0802. The molecule has 0 radical (unpaired) electrons. The summed E-state index contributed by atoms with van der Waals surface area (Å²) in [6.07, 6.45) is 0.890. The summed E-state index contributed by atoms with van der Waals surface area (Å²) in [6.45, 7) is 15.3. The van der Waals surface area contributed by atoms with Gasteiger partial charge < -0.3 is 25.6 Å². The number of nitrogens with two attached hydrogens (primary N) is 1. The second-order valence-corrected chi connectivity index (χ2v) is 8.38. The Balaban J connectivity index is 5.04. The van der Waals surface area contributed by atoms with E-state index in [9.17, 15) is 14.4 Å². The Bertz CT molecular complexity index is 515. The Morgan fingerprint density at radius 1 is 0.929 bits per heavy atom. The van der Waals surface area contributed by atoms with Crippen molar-refractivity contribution < 1.29 is 19.1 Å². The van der Waals surface area contributed by atoms with Crippen LogP contribution in [0.2, 0.25) is 0 Å². The minimum Gasteiger partial charge on any atom is -0.448 e. The van der Waals surface area contributed by atoms with Gasteiger partial charge in [0.05, 0.1) is 6.54 Å². The van der Waals surface area contributed by atoms with Crippen LogP contribution < -0.4 is 11.1 Å². The van der Waals surface area contributed by atoms with Crippen LogP contribution in [-0.4, -0.2) is 71.6 Å². The van der Waals surface area contributed by atoms with Crippen molar-refractivity contribution in [3.8, 4) is 0 Å². The SMILES string of the molecule is CCC(=O)N(CCC(C)(C)N(CCOC(=O)NCCN)C(=O)CC)C(C)(C)C. The number of hydrogen-bond acceptors (Lipinski definition) is 5. The van der Waals surface area contributed by atoms with Crippen molar-refractivity contribution in [3.63, 3.8) is 0 Å². The number of carbonyl (C=O) groups is 3. The third-order valence-electron chi connectivity index (χ3n) is 4.66. The van der Waals surface area contributed by atoms with Crippen molar-refractivity contribution in [1.82, 2.24) is 15.1 Å². The summed E-state index contributed by atoms with van der Waals surface area (Å²) in [7, 11) is 0. The van der Waals surface area contributed by atoms with Gasteiger partial charge in [-0.2, -0.15) is 0 Å². The number of carbonyl (C=O) groups excluding carboxylic acids is 3. The molecule has 0 aromatic heterocycles. The number of rotatable bonds is 11. The third kappa shape index (κ3) is 8.91. The van der Waals surface area contributed by atoms with Crippen LogP contribution in [0.25, 0.3) is 0 Å². The van der Waals surface area contributed by atoms with E-state index in [2.05, 4.69) is 5.32 Å². The quantitative estimate of drug-likeness (QED) is 0.553. The highest BCUT2D eigenvalue weighted by Gasteiger charge is 2.33. The maximum atomic E-state index is 12.5. The van der Waals surface area contributed by atoms with E-state index in [4.69, 9.17) is 10.5 Å². The lowest BCUT2D eigenvalue weighted by Crippen LogP contribution is -2.53. The molecule has 28 heavy (non-hydrogen) atoms. The highest BCUT2D eigenvalue weighted by Crippen LogP contribution is 2.23. The molecule has 0 aliphatic carbocycles. The molecule has 0 spiro atoms. The Kier molecular flexibility index (Phi) is 11.1. The van der Waals surface area contributed by atoms with Crippen LogP contribution in [0, 0.1) is 0 Å². The van der Waals surface area contributed by atoms with Gasteiger partial charge in [0.2, 0.25) is 11.8 Å². The molecule has 0 aliphatic rings. The minimum atomic E-state index is -0.542. The van der Waals surface area contributed by atoms with Gasteiger partial charge in [-0.05, 0) is 41.0 Å². The summed E-state index contributed by atoms with van der Waals surface area (Å²) in [5, 5.41) is 2.53. The van der Waals surface area contributed by atoms with Crippen LogP contribution >= 0.6 is 0 Å². The highest BCUT2D eigenvalue weighted by atomic mass is 16.5. The highest BCUT2D eigenvalue weighted by molar-refractivity contribution is 5.77. The molecule has 0 saturated carbocycles. The molecule has 0 unspecified atom stereocenters. The van der Waals surface area contributed by atoms with Crippen molar-refractivity contribution in [1.29, 1.82) is 0 Å². The summed E-state index contributed by atoms with van der Waals surface area (Å²) >= 11 is 0. The Morgan fingerprint density at radius 3 is 1.93 bits per heavy atom. The first-order chi connectivity index (χ1) is 12.9. The van der Waals surface area contributed by atoms with Crippen molar-refractivity contribution in [2.75, 3.05) is 32.8 Å². The lowest BCUT2D eigenvalue weighted by molar-refractivity contribution is -0.139. The van der Waals surface area contributed by atoms with Crippen molar-refractivity contribution >= 4 is 17.9 Å². The maximum Gasteiger partial charge on any atom is 0.407 e. The number of nitrogens with zero attached hydrogens (tertiary/aromatic N) is 2. The number of amides is 3. The van der Waals surface area contributed by atoms with E-state index >= 15 is 0 Å². The van der Waals surface area contributed by atoms with E-state index in [-0.39, 0.29) is 24.0 Å². The molecular weight excluding hydrogens is 360 g/mol. The largest absolute Gasteiger partial charge is 0.448 e. The second-order valence-electron chi connectivity index (χ2n) is 8.38. The lowest BCUT2D eigenvalue weighted by atomic mass is 9.95. The molecule has 0 aliphatic heterocycles. The van der Waals surface area contributed by atoms with Gasteiger partial charge in [0.25, 0.3) is 0 Å². The predicted molar refractivity (Wildman–Crippen MR) is 111 cm³/mol. The van der Waals surface area contributed by atoms with Gasteiger partial charge in [0.1, 0.15) is 6.61 Å². The molecule has 164 valence electrons. The smallest absolute Gasteiger partial charge is 0.407 e. The molecule has 8 heteroatoms. The zero-order valence-corrected chi connectivity index (χ0v) is 18.8. The molecule has 0 aromatic rings. The average Bonchev–Trinajstić information content (AvgIpc) is 2.61. The Labute approximate surface area is 170 Å². The van der Waals surface area contributed by atoms with Crippen LogP contribution in [0.1, 0.15) is 67.7 Å². The fraction of sp³-hybridized carbons (Fsp3) is 0.850. The number of nitrogens with one attached hydrogen (secondary N) is 1. The molecule has 8 nitrogen and oxygen atoms in total. The molecular formula is C20H40N4O4. The molecule has 0 heterocycles. The van der Waals surface area contributed by atoms with Crippen LogP contribution in [0.15, 0.2) is 0 Å². The molecule has 0 atom stereocenters. The first-order valence-electron chi connectivity index (χ1n) is 10.1. The van der Waals surface area contributed by atoms with Gasteiger partial charge >= 0.3 is 6.09 Å². The van der Waals surface area contributed by atoms with Gasteiger partial charge in [0, 0.05) is 43.6 Å². The van der Waals surface area contributed by atoms with Crippen LogP contribution in [-0.2, 0) is 14.3 Å². The number of alkyl carbamates (subject to hydrolysis) is 1. The van der Waals surface area contributed by atoms with Crippen LogP contribution in [0.4, 0.5) is 4.79 Å². The number of ether oxygens (including phenoxy) is 1. The number of hydrogen-bond donors (Lipinski definition) is 2. The summed E-state index contributed by atoms with van der Waals surface area (Å²) in [4.78, 5) is 40.0. The zero-order valence-electron chi connectivity index (χ0n) is 18.8. The van der Waals surface area contributed by atoms with E-state index in [1.165, 1.54) is 0 Å². The van der Waals surface area contributed by atoms with Crippen molar-refractivity contribution in [2.24, 2.45) is 5.73 Å². The summed E-state index contributed by atoms with van der Waals surface area (Å²) in [6, 6.07) is 0. The van der Waals surface area contributed by atoms with Crippen molar-refractivity contribution in [2.45, 2.75) is 78.8 Å². The summed E-state index contributed by atoms with van der Waals surface area (Å²) < 4.78 is 5.14. The normalized spacial score (nSPS) is 11.7. The van der Waals surface area contributed by atoms with E-state index in [1.54, 1.807) is 4.90 Å². The van der Waals surface area contributed by atoms with Crippen molar-refractivity contribution in [3.05, 3.63) is 0 Å². The monoisotopic (exact) mass is 400 g/mol. The summed E-state index contributed by atoms with van der Waals surface area (Å²) in [5.41, 5.74) is 4.57. The second kappa shape index (κ2) is 11.9. The standard InChI is InChI=1S/C20H40N4O4/c1-8-16(25)23(19(3,4)5)13-10-20(6,7)24(17(26)9-2)14-15-28-18(27)22-12-11-21/h8-15,21H2,1-7H3,(H,22,27). The van der Waals surface area contributed by atoms with E-state index in [0.29, 0.717) is 45.4 Å².